The van der Waals surface area contributed by atoms with E-state index in [1.807, 2.05) is 82.3 Å². The highest BCUT2D eigenvalue weighted by Gasteiger charge is 2.33. The number of sulfonamides is 1. The highest BCUT2D eigenvalue weighted by Crippen LogP contribution is 2.29. The number of hydrogen-bond donors (Lipinski definition) is 1. The number of anilines is 1. The molecule has 0 aromatic heterocycles. The van der Waals surface area contributed by atoms with Gasteiger partial charge in [0.2, 0.25) is 11.8 Å². The normalized spacial score (nSPS) is 12.6. The first-order chi connectivity index (χ1) is 21.5. The van der Waals surface area contributed by atoms with Gasteiger partial charge in [-0.1, -0.05) is 72.6 Å². The average Bonchev–Trinajstić information content (AvgIpc) is 3.03. The minimum absolute atomic E-state index is 0.0540. The van der Waals surface area contributed by atoms with Gasteiger partial charge in [-0.25, -0.2) is 8.42 Å². The third-order valence-corrected chi connectivity index (χ3v) is 9.38. The van der Waals surface area contributed by atoms with Crippen molar-refractivity contribution in [2.45, 2.75) is 64.6 Å². The fraction of sp³-hybridized carbons (Fsp3) is 0.278. The van der Waals surface area contributed by atoms with Crippen molar-refractivity contribution < 1.29 is 22.7 Å². The molecule has 0 bridgehead atoms. The number of nitrogens with one attached hydrogen (secondary N) is 1. The molecule has 45 heavy (non-hydrogen) atoms. The summed E-state index contributed by atoms with van der Waals surface area (Å²) in [5, 5.41) is 2.96. The lowest BCUT2D eigenvalue weighted by Gasteiger charge is -2.32. The lowest BCUT2D eigenvalue weighted by molar-refractivity contribution is -0.139. The standard InChI is InChI=1S/C36H41N3O5S/c1-6-28(4)37-36(41)29(5)38(24-30-12-10-11-27(3)23-30)35(40)25-39(45(42,43)34-21-15-26(2)16-22-34)31-17-19-33(20-18-31)44-32-13-8-7-9-14-32/h7-23,28-29H,6,24-25H2,1-5H3,(H,37,41)/t28-,29-/m1/s1. The summed E-state index contributed by atoms with van der Waals surface area (Å²) in [5.74, 6) is 0.339. The third-order valence-electron chi connectivity index (χ3n) is 7.60. The van der Waals surface area contributed by atoms with Gasteiger partial charge < -0.3 is 15.0 Å². The van der Waals surface area contributed by atoms with Crippen molar-refractivity contribution in [1.29, 1.82) is 0 Å². The van der Waals surface area contributed by atoms with Gasteiger partial charge in [0.05, 0.1) is 10.6 Å². The fourth-order valence-corrected chi connectivity index (χ4v) is 6.14. The molecule has 0 aliphatic heterocycles. The first-order valence-corrected chi connectivity index (χ1v) is 16.5. The monoisotopic (exact) mass is 627 g/mol. The SMILES string of the molecule is CC[C@@H](C)NC(=O)[C@@H](C)N(Cc1cccc(C)c1)C(=O)CN(c1ccc(Oc2ccccc2)cc1)S(=O)(=O)c1ccc(C)cc1. The molecule has 0 heterocycles. The maximum atomic E-state index is 14.2. The van der Waals surface area contributed by atoms with E-state index < -0.39 is 28.5 Å². The van der Waals surface area contributed by atoms with E-state index in [4.69, 9.17) is 4.74 Å². The number of carbonyl (C=O) groups excluding carboxylic acids is 2. The smallest absolute Gasteiger partial charge is 0.264 e. The Labute approximate surface area is 266 Å². The van der Waals surface area contributed by atoms with Crippen molar-refractivity contribution >= 4 is 27.5 Å². The highest BCUT2D eigenvalue weighted by atomic mass is 32.2. The molecular weight excluding hydrogens is 586 g/mol. The average molecular weight is 628 g/mol. The van der Waals surface area contributed by atoms with Gasteiger partial charge in [-0.05, 0) is 88.2 Å². The second-order valence-electron chi connectivity index (χ2n) is 11.2. The number of benzene rings is 4. The molecule has 0 saturated carbocycles. The summed E-state index contributed by atoms with van der Waals surface area (Å²) in [6.45, 7) is 8.99. The lowest BCUT2D eigenvalue weighted by Crippen LogP contribution is -2.52. The molecule has 1 N–H and O–H groups in total. The zero-order valence-corrected chi connectivity index (χ0v) is 27.3. The molecule has 4 aromatic rings. The van der Waals surface area contributed by atoms with Crippen LogP contribution in [0.2, 0.25) is 0 Å². The van der Waals surface area contributed by atoms with Gasteiger partial charge in [0.25, 0.3) is 10.0 Å². The van der Waals surface area contributed by atoms with Crippen LogP contribution in [0.4, 0.5) is 5.69 Å². The zero-order chi connectivity index (χ0) is 32.6. The van der Waals surface area contributed by atoms with Crippen molar-refractivity contribution in [3.63, 3.8) is 0 Å². The Balaban J connectivity index is 1.70. The summed E-state index contributed by atoms with van der Waals surface area (Å²) in [7, 11) is -4.18. The number of ether oxygens (including phenoxy) is 1. The molecule has 0 fully saturated rings. The molecule has 0 aliphatic carbocycles. The predicted octanol–water partition coefficient (Wildman–Crippen LogP) is 6.62. The molecule has 236 valence electrons. The van der Waals surface area contributed by atoms with E-state index in [0.29, 0.717) is 11.5 Å². The van der Waals surface area contributed by atoms with Crippen LogP contribution in [0.1, 0.15) is 43.9 Å². The number of para-hydroxylation sites is 1. The topological polar surface area (TPSA) is 96.0 Å². The number of hydrogen-bond acceptors (Lipinski definition) is 5. The van der Waals surface area contributed by atoms with Crippen LogP contribution in [0, 0.1) is 13.8 Å². The summed E-state index contributed by atoms with van der Waals surface area (Å²) >= 11 is 0. The molecule has 0 aliphatic rings. The molecule has 4 aromatic carbocycles. The number of aryl methyl sites for hydroxylation is 2. The predicted molar refractivity (Wildman–Crippen MR) is 178 cm³/mol. The Morgan fingerprint density at radius 2 is 1.44 bits per heavy atom. The van der Waals surface area contributed by atoms with Gasteiger partial charge >= 0.3 is 0 Å². The van der Waals surface area contributed by atoms with Crippen LogP contribution in [0.5, 0.6) is 11.5 Å². The van der Waals surface area contributed by atoms with Crippen molar-refractivity contribution in [3.05, 3.63) is 120 Å². The zero-order valence-electron chi connectivity index (χ0n) is 26.4. The van der Waals surface area contributed by atoms with Crippen LogP contribution in [0.3, 0.4) is 0 Å². The molecule has 2 atom stereocenters. The minimum Gasteiger partial charge on any atom is -0.457 e. The maximum absolute atomic E-state index is 14.2. The minimum atomic E-state index is -4.18. The van der Waals surface area contributed by atoms with Gasteiger partial charge in [0.1, 0.15) is 24.1 Å². The molecule has 4 rings (SSSR count). The summed E-state index contributed by atoms with van der Waals surface area (Å²) in [6, 6.07) is 29.1. The second kappa shape index (κ2) is 14.9. The molecule has 0 saturated heterocycles. The number of carbonyl (C=O) groups is 2. The van der Waals surface area contributed by atoms with Crippen LogP contribution in [0.15, 0.2) is 108 Å². The first kappa shape index (κ1) is 33.3. The molecule has 0 radical (unpaired) electrons. The van der Waals surface area contributed by atoms with Crippen LogP contribution < -0.4 is 14.4 Å². The van der Waals surface area contributed by atoms with E-state index in [1.165, 1.54) is 17.0 Å². The van der Waals surface area contributed by atoms with Crippen molar-refractivity contribution in [1.82, 2.24) is 10.2 Å². The van der Waals surface area contributed by atoms with Gasteiger partial charge in [-0.15, -0.1) is 0 Å². The van der Waals surface area contributed by atoms with Gasteiger partial charge in [0.15, 0.2) is 0 Å². The second-order valence-corrected chi connectivity index (χ2v) is 13.1. The molecule has 0 unspecified atom stereocenters. The number of amides is 2. The van der Waals surface area contributed by atoms with E-state index in [1.54, 1.807) is 43.3 Å². The van der Waals surface area contributed by atoms with E-state index >= 15 is 0 Å². The van der Waals surface area contributed by atoms with E-state index in [-0.39, 0.29) is 29.1 Å². The van der Waals surface area contributed by atoms with Crippen molar-refractivity contribution in [2.75, 3.05) is 10.8 Å². The van der Waals surface area contributed by atoms with Crippen LogP contribution in [-0.4, -0.2) is 43.8 Å². The van der Waals surface area contributed by atoms with Gasteiger partial charge in [0, 0.05) is 12.6 Å². The third kappa shape index (κ3) is 8.73. The Morgan fingerprint density at radius 1 is 0.800 bits per heavy atom. The largest absolute Gasteiger partial charge is 0.457 e. The Kier molecular flexibility index (Phi) is 11.0. The lowest BCUT2D eigenvalue weighted by atomic mass is 10.1. The highest BCUT2D eigenvalue weighted by molar-refractivity contribution is 7.92. The van der Waals surface area contributed by atoms with Gasteiger partial charge in [-0.3, -0.25) is 13.9 Å². The molecule has 9 heteroatoms. The summed E-state index contributed by atoms with van der Waals surface area (Å²) in [5.41, 5.74) is 3.04. The van der Waals surface area contributed by atoms with Crippen LogP contribution >= 0.6 is 0 Å². The summed E-state index contributed by atoms with van der Waals surface area (Å²) in [4.78, 5) is 28.9. The van der Waals surface area contributed by atoms with Crippen LogP contribution in [-0.2, 0) is 26.2 Å². The Hall–Kier alpha value is -4.63. The number of nitrogens with zero attached hydrogens (tertiary/aromatic N) is 2. The summed E-state index contributed by atoms with van der Waals surface area (Å²) < 4.78 is 35.2. The van der Waals surface area contributed by atoms with Crippen LogP contribution in [0.25, 0.3) is 0 Å². The fourth-order valence-electron chi connectivity index (χ4n) is 4.73. The van der Waals surface area contributed by atoms with Crippen molar-refractivity contribution in [2.24, 2.45) is 0 Å². The quantitative estimate of drug-likeness (QED) is 0.180. The number of rotatable bonds is 13. The van der Waals surface area contributed by atoms with E-state index in [2.05, 4.69) is 5.32 Å². The van der Waals surface area contributed by atoms with E-state index in [0.717, 1.165) is 27.4 Å². The van der Waals surface area contributed by atoms with Gasteiger partial charge in [-0.2, -0.15) is 0 Å². The Morgan fingerprint density at radius 3 is 2.07 bits per heavy atom. The maximum Gasteiger partial charge on any atom is 0.264 e. The molecule has 8 nitrogen and oxygen atoms in total. The Bertz CT molecular complexity index is 1690. The summed E-state index contributed by atoms with van der Waals surface area (Å²) in [6.07, 6.45) is 0.733. The first-order valence-electron chi connectivity index (χ1n) is 15.1. The molecular formula is C36H41N3O5S. The van der Waals surface area contributed by atoms with E-state index in [9.17, 15) is 18.0 Å². The van der Waals surface area contributed by atoms with Crippen molar-refractivity contribution in [3.8, 4) is 11.5 Å². The molecule has 2 amide bonds. The molecule has 0 spiro atoms.